The van der Waals surface area contributed by atoms with Crippen LogP contribution in [-0.4, -0.2) is 10.5 Å². The first kappa shape index (κ1) is 12.9. The molecule has 0 aliphatic heterocycles. The van der Waals surface area contributed by atoms with Crippen LogP contribution in [0.4, 0.5) is 5.69 Å². The Kier molecular flexibility index (Phi) is 3.87. The van der Waals surface area contributed by atoms with Crippen molar-refractivity contribution < 1.29 is 4.79 Å². The van der Waals surface area contributed by atoms with Gasteiger partial charge in [-0.3, -0.25) is 4.79 Å². The van der Waals surface area contributed by atoms with Gasteiger partial charge in [-0.15, -0.1) is 0 Å². The summed E-state index contributed by atoms with van der Waals surface area (Å²) < 4.78 is 2.81. The second kappa shape index (κ2) is 5.40. The molecule has 3 nitrogen and oxygen atoms in total. The molecule has 1 aromatic heterocycles. The van der Waals surface area contributed by atoms with E-state index in [1.165, 1.54) is 0 Å². The Morgan fingerprint density at radius 1 is 1.39 bits per heavy atom. The monoisotopic (exact) mass is 306 g/mol. The number of carbonyl (C=O) groups is 1. The van der Waals surface area contributed by atoms with Gasteiger partial charge in [-0.25, -0.2) is 0 Å². The van der Waals surface area contributed by atoms with E-state index in [2.05, 4.69) is 21.2 Å². The van der Waals surface area contributed by atoms with E-state index in [-0.39, 0.29) is 5.91 Å². The first-order valence-corrected chi connectivity index (χ1v) is 6.63. The molecule has 0 spiro atoms. The van der Waals surface area contributed by atoms with Crippen molar-refractivity contribution >= 4 is 27.5 Å². The highest BCUT2D eigenvalue weighted by Crippen LogP contribution is 2.23. The van der Waals surface area contributed by atoms with E-state index in [1.54, 1.807) is 0 Å². The zero-order valence-corrected chi connectivity index (χ0v) is 12.0. The van der Waals surface area contributed by atoms with Crippen LogP contribution < -0.4 is 5.32 Å². The third-order valence-corrected chi connectivity index (χ3v) is 3.43. The number of hydrogen-bond acceptors (Lipinski definition) is 1. The molecule has 0 radical (unpaired) electrons. The molecule has 0 atom stereocenters. The molecule has 0 saturated heterocycles. The number of aromatic nitrogens is 1. The summed E-state index contributed by atoms with van der Waals surface area (Å²) in [6.45, 7) is 4.81. The molecule has 1 heterocycles. The van der Waals surface area contributed by atoms with Crippen molar-refractivity contribution in [3.05, 3.63) is 52.3 Å². The van der Waals surface area contributed by atoms with Gasteiger partial charge in [0.05, 0.1) is 5.69 Å². The maximum absolute atomic E-state index is 12.1. The smallest absolute Gasteiger partial charge is 0.272 e. The summed E-state index contributed by atoms with van der Waals surface area (Å²) in [5.74, 6) is -0.0913. The number of benzene rings is 1. The quantitative estimate of drug-likeness (QED) is 0.918. The van der Waals surface area contributed by atoms with Gasteiger partial charge in [-0.1, -0.05) is 6.07 Å². The lowest BCUT2D eigenvalue weighted by Crippen LogP contribution is -2.16. The average Bonchev–Trinajstić information content (AvgIpc) is 2.81. The SMILES string of the molecule is CCn1cccc1C(=O)Nc1ccc(C)cc1Br. The van der Waals surface area contributed by atoms with Gasteiger partial charge < -0.3 is 9.88 Å². The van der Waals surface area contributed by atoms with E-state index in [4.69, 9.17) is 0 Å². The van der Waals surface area contributed by atoms with Crippen LogP contribution in [-0.2, 0) is 6.54 Å². The van der Waals surface area contributed by atoms with E-state index in [0.717, 1.165) is 22.3 Å². The highest BCUT2D eigenvalue weighted by molar-refractivity contribution is 9.10. The zero-order chi connectivity index (χ0) is 13.1. The lowest BCUT2D eigenvalue weighted by Gasteiger charge is -2.09. The Morgan fingerprint density at radius 2 is 2.17 bits per heavy atom. The molecule has 2 aromatic rings. The van der Waals surface area contributed by atoms with E-state index in [1.807, 2.05) is 54.9 Å². The van der Waals surface area contributed by atoms with Crippen LogP contribution in [0.1, 0.15) is 23.0 Å². The van der Waals surface area contributed by atoms with E-state index in [0.29, 0.717) is 5.69 Å². The minimum Gasteiger partial charge on any atom is -0.344 e. The molecule has 4 heteroatoms. The van der Waals surface area contributed by atoms with Crippen molar-refractivity contribution in [3.63, 3.8) is 0 Å². The van der Waals surface area contributed by atoms with Gasteiger partial charge in [0.25, 0.3) is 5.91 Å². The molecule has 2 rings (SSSR count). The second-order valence-electron chi connectivity index (χ2n) is 4.12. The molecule has 18 heavy (non-hydrogen) atoms. The van der Waals surface area contributed by atoms with Crippen LogP contribution >= 0.6 is 15.9 Å². The van der Waals surface area contributed by atoms with E-state index in [9.17, 15) is 4.79 Å². The van der Waals surface area contributed by atoms with Gasteiger partial charge >= 0.3 is 0 Å². The molecule has 1 N–H and O–H groups in total. The molecule has 0 bridgehead atoms. The highest BCUT2D eigenvalue weighted by Gasteiger charge is 2.11. The average molecular weight is 307 g/mol. The predicted molar refractivity (Wildman–Crippen MR) is 76.9 cm³/mol. The first-order valence-electron chi connectivity index (χ1n) is 5.84. The summed E-state index contributed by atoms with van der Waals surface area (Å²) in [6.07, 6.45) is 1.90. The number of nitrogens with one attached hydrogen (secondary N) is 1. The summed E-state index contributed by atoms with van der Waals surface area (Å²) >= 11 is 3.45. The maximum Gasteiger partial charge on any atom is 0.272 e. The number of anilines is 1. The van der Waals surface area contributed by atoms with Crippen molar-refractivity contribution in [2.75, 3.05) is 5.32 Å². The molecule has 94 valence electrons. The van der Waals surface area contributed by atoms with Gasteiger partial charge in [0.1, 0.15) is 5.69 Å². The van der Waals surface area contributed by atoms with Crippen molar-refractivity contribution in [1.82, 2.24) is 4.57 Å². The topological polar surface area (TPSA) is 34.0 Å². The molecular weight excluding hydrogens is 292 g/mol. The van der Waals surface area contributed by atoms with Crippen LogP contribution in [0.2, 0.25) is 0 Å². The Morgan fingerprint density at radius 3 is 2.83 bits per heavy atom. The lowest BCUT2D eigenvalue weighted by molar-refractivity contribution is 0.101. The Balaban J connectivity index is 2.21. The van der Waals surface area contributed by atoms with Gasteiger partial charge in [-0.2, -0.15) is 0 Å². The molecule has 1 amide bonds. The van der Waals surface area contributed by atoms with Crippen LogP contribution in [0.5, 0.6) is 0 Å². The Labute approximate surface area is 115 Å². The first-order chi connectivity index (χ1) is 8.61. The second-order valence-corrected chi connectivity index (χ2v) is 4.97. The molecule has 0 aliphatic carbocycles. The summed E-state index contributed by atoms with van der Waals surface area (Å²) in [6, 6.07) is 9.55. The minimum atomic E-state index is -0.0913. The third kappa shape index (κ3) is 2.64. The Hall–Kier alpha value is -1.55. The number of halogens is 1. The number of aryl methyl sites for hydroxylation is 2. The highest BCUT2D eigenvalue weighted by atomic mass is 79.9. The van der Waals surface area contributed by atoms with E-state index >= 15 is 0 Å². The standard InChI is InChI=1S/C14H15BrN2O/c1-3-17-8-4-5-13(17)14(18)16-12-7-6-10(2)9-11(12)15/h4-9H,3H2,1-2H3,(H,16,18). The molecule has 0 saturated carbocycles. The normalized spacial score (nSPS) is 10.4. The molecule has 0 aliphatic rings. The number of rotatable bonds is 3. The molecule has 0 unspecified atom stereocenters. The molecule has 1 aromatic carbocycles. The summed E-state index contributed by atoms with van der Waals surface area (Å²) in [7, 11) is 0. The van der Waals surface area contributed by atoms with Gasteiger partial charge in [-0.05, 0) is 59.6 Å². The maximum atomic E-state index is 12.1. The number of nitrogens with zero attached hydrogens (tertiary/aromatic N) is 1. The predicted octanol–water partition coefficient (Wildman–Crippen LogP) is 3.83. The number of hydrogen-bond donors (Lipinski definition) is 1. The van der Waals surface area contributed by atoms with Crippen molar-refractivity contribution in [2.45, 2.75) is 20.4 Å². The van der Waals surface area contributed by atoms with Crippen LogP contribution in [0.15, 0.2) is 41.0 Å². The largest absolute Gasteiger partial charge is 0.344 e. The van der Waals surface area contributed by atoms with E-state index < -0.39 is 0 Å². The lowest BCUT2D eigenvalue weighted by atomic mass is 10.2. The molecular formula is C14H15BrN2O. The summed E-state index contributed by atoms with van der Waals surface area (Å²) in [5.41, 5.74) is 2.61. The molecule has 0 fully saturated rings. The van der Waals surface area contributed by atoms with Gasteiger partial charge in [0, 0.05) is 17.2 Å². The van der Waals surface area contributed by atoms with Crippen LogP contribution in [0.25, 0.3) is 0 Å². The fraction of sp³-hybridized carbons (Fsp3) is 0.214. The van der Waals surface area contributed by atoms with Gasteiger partial charge in [0.2, 0.25) is 0 Å². The van der Waals surface area contributed by atoms with Crippen LogP contribution in [0, 0.1) is 6.92 Å². The van der Waals surface area contributed by atoms with Crippen molar-refractivity contribution in [3.8, 4) is 0 Å². The Bertz CT molecular complexity index is 575. The minimum absolute atomic E-state index is 0.0913. The summed E-state index contributed by atoms with van der Waals surface area (Å²) in [4.78, 5) is 12.1. The zero-order valence-electron chi connectivity index (χ0n) is 10.4. The van der Waals surface area contributed by atoms with Crippen LogP contribution in [0.3, 0.4) is 0 Å². The van der Waals surface area contributed by atoms with Gasteiger partial charge in [0.15, 0.2) is 0 Å². The van der Waals surface area contributed by atoms with Crippen molar-refractivity contribution in [2.24, 2.45) is 0 Å². The number of carbonyl (C=O) groups excluding carboxylic acids is 1. The summed E-state index contributed by atoms with van der Waals surface area (Å²) in [5, 5.41) is 2.91. The fourth-order valence-corrected chi connectivity index (χ4v) is 2.40. The number of amides is 1. The third-order valence-electron chi connectivity index (χ3n) is 2.78. The van der Waals surface area contributed by atoms with Crippen molar-refractivity contribution in [1.29, 1.82) is 0 Å². The fourth-order valence-electron chi connectivity index (χ4n) is 1.80.